The number of nitrogens with zero attached hydrogens (tertiary/aromatic N) is 7. The van der Waals surface area contributed by atoms with E-state index >= 15 is 0 Å². The Hall–Kier alpha value is -4.04. The number of ether oxygens (including phenoxy) is 2. The zero-order chi connectivity index (χ0) is 32.7. The number of aromatic nitrogens is 6. The van der Waals surface area contributed by atoms with Crippen LogP contribution >= 0.6 is 0 Å². The summed E-state index contributed by atoms with van der Waals surface area (Å²) in [5, 5.41) is 16.8. The average molecular weight is 654 g/mol. The van der Waals surface area contributed by atoms with Gasteiger partial charge in [0.25, 0.3) is 0 Å². The minimum absolute atomic E-state index is 0.0385. The van der Waals surface area contributed by atoms with Crippen LogP contribution in [0.5, 0.6) is 11.9 Å². The van der Waals surface area contributed by atoms with Crippen molar-refractivity contribution in [1.29, 1.82) is 0 Å². The van der Waals surface area contributed by atoms with E-state index in [4.69, 9.17) is 9.47 Å². The molecule has 0 amide bonds. The molecule has 5 aromatic rings. The monoisotopic (exact) mass is 653 g/mol. The molecule has 3 atom stereocenters. The Morgan fingerprint density at radius 3 is 2.79 bits per heavy atom. The number of pyridine rings is 1. The lowest BCUT2D eigenvalue weighted by molar-refractivity contribution is -0.137. The third-order valence-electron chi connectivity index (χ3n) is 10.2. The Morgan fingerprint density at radius 2 is 2.02 bits per heavy atom. The van der Waals surface area contributed by atoms with Crippen LogP contribution in [-0.4, -0.2) is 77.3 Å². The van der Waals surface area contributed by atoms with Gasteiger partial charge < -0.3 is 19.1 Å². The summed E-state index contributed by atoms with van der Waals surface area (Å²) in [5.74, 6) is -0.359. The van der Waals surface area contributed by atoms with Crippen LogP contribution in [0, 0.1) is 6.92 Å². The predicted molar refractivity (Wildman–Crippen MR) is 166 cm³/mol. The summed E-state index contributed by atoms with van der Waals surface area (Å²) in [7, 11) is 0. The molecule has 0 saturated carbocycles. The van der Waals surface area contributed by atoms with E-state index in [-0.39, 0.29) is 46.9 Å². The first-order valence-corrected chi connectivity index (χ1v) is 16.2. The maximum absolute atomic E-state index is 14.9. The van der Waals surface area contributed by atoms with Gasteiger partial charge in [-0.25, -0.2) is 9.07 Å². The second-order valence-corrected chi connectivity index (χ2v) is 13.0. The van der Waals surface area contributed by atoms with Crippen LogP contribution < -0.4 is 4.74 Å². The van der Waals surface area contributed by atoms with Crippen molar-refractivity contribution in [2.24, 2.45) is 0 Å². The molecule has 248 valence electrons. The molecule has 1 unspecified atom stereocenters. The lowest BCUT2D eigenvalue weighted by atomic mass is 9.94. The van der Waals surface area contributed by atoms with E-state index in [1.54, 1.807) is 15.3 Å². The van der Waals surface area contributed by atoms with E-state index in [0.717, 1.165) is 32.2 Å². The first-order valence-electron chi connectivity index (χ1n) is 16.2. The maximum Gasteiger partial charge on any atom is 0.417 e. The van der Waals surface area contributed by atoms with Crippen LogP contribution in [0.15, 0.2) is 24.5 Å². The lowest BCUT2D eigenvalue weighted by Crippen LogP contribution is -2.43. The quantitative estimate of drug-likeness (QED) is 0.202. The minimum atomic E-state index is -4.70. The number of aryl methyl sites for hydroxylation is 2. The standard InChI is InChI=1S/C33H35F4N7O3/c1-3-43-28-20(25-29(43)40-31(41-30(25)45)47-17-32-9-6-11-42(32)16-19(34)14-32)8-10-38-27(28)24-21-15-39-44(23-7-4-5-12-46-23)22(21)13-18(2)26(24)33(35,36)37/h8,10,13,15,19,23H,3-7,9,11-12,14,16-17H2,1-2H3,(H,40,41,45)/t19-,23?,32+/m1/s1. The van der Waals surface area contributed by atoms with Gasteiger partial charge in [0.2, 0.25) is 5.88 Å². The van der Waals surface area contributed by atoms with Crippen LogP contribution in [0.2, 0.25) is 0 Å². The maximum atomic E-state index is 14.9. The summed E-state index contributed by atoms with van der Waals surface area (Å²) >= 11 is 0. The zero-order valence-electron chi connectivity index (χ0n) is 26.1. The lowest BCUT2D eigenvalue weighted by Gasteiger charge is -2.30. The normalized spacial score (nSPS) is 23.8. The Labute approximate surface area is 267 Å². The molecule has 7 heterocycles. The van der Waals surface area contributed by atoms with Crippen molar-refractivity contribution in [2.75, 3.05) is 26.3 Å². The highest BCUT2D eigenvalue weighted by atomic mass is 19.4. The molecule has 1 aromatic carbocycles. The second-order valence-electron chi connectivity index (χ2n) is 13.0. The molecule has 0 spiro atoms. The molecule has 0 aliphatic carbocycles. The molecule has 47 heavy (non-hydrogen) atoms. The fourth-order valence-corrected chi connectivity index (χ4v) is 8.17. The first kappa shape index (κ1) is 30.3. The average Bonchev–Trinajstić information content (AvgIpc) is 3.78. The highest BCUT2D eigenvalue weighted by Crippen LogP contribution is 2.47. The van der Waals surface area contributed by atoms with Gasteiger partial charge in [-0.15, -0.1) is 0 Å². The summed E-state index contributed by atoms with van der Waals surface area (Å²) < 4.78 is 74.5. The highest BCUT2D eigenvalue weighted by Gasteiger charge is 2.49. The Balaban J connectivity index is 1.31. The van der Waals surface area contributed by atoms with Crippen molar-refractivity contribution in [3.8, 4) is 23.1 Å². The van der Waals surface area contributed by atoms with Crippen LogP contribution in [0.3, 0.4) is 0 Å². The van der Waals surface area contributed by atoms with Crippen LogP contribution in [0.1, 0.15) is 62.8 Å². The van der Waals surface area contributed by atoms with E-state index in [1.807, 2.05) is 6.92 Å². The Morgan fingerprint density at radius 1 is 1.17 bits per heavy atom. The predicted octanol–water partition coefficient (Wildman–Crippen LogP) is 6.70. The van der Waals surface area contributed by atoms with Crippen LogP contribution in [-0.2, 0) is 17.5 Å². The van der Waals surface area contributed by atoms with Gasteiger partial charge in [0.05, 0.1) is 39.4 Å². The van der Waals surface area contributed by atoms with Gasteiger partial charge in [-0.3, -0.25) is 9.88 Å². The Kier molecular flexibility index (Phi) is 7.10. The number of hydrogen-bond acceptors (Lipinski definition) is 8. The number of alkyl halides is 4. The van der Waals surface area contributed by atoms with Crippen molar-refractivity contribution in [3.05, 3.63) is 35.7 Å². The highest BCUT2D eigenvalue weighted by molar-refractivity contribution is 6.15. The van der Waals surface area contributed by atoms with Gasteiger partial charge in [-0.1, -0.05) is 0 Å². The Bertz CT molecular complexity index is 2020. The molecular formula is C33H35F4N7O3. The van der Waals surface area contributed by atoms with Gasteiger partial charge >= 0.3 is 12.2 Å². The molecule has 3 fully saturated rings. The molecule has 14 heteroatoms. The van der Waals surface area contributed by atoms with E-state index < -0.39 is 23.5 Å². The van der Waals surface area contributed by atoms with Crippen LogP contribution in [0.4, 0.5) is 17.6 Å². The third-order valence-corrected chi connectivity index (χ3v) is 10.2. The van der Waals surface area contributed by atoms with Crippen molar-refractivity contribution < 1.29 is 32.1 Å². The largest absolute Gasteiger partial charge is 0.493 e. The molecule has 3 saturated heterocycles. The van der Waals surface area contributed by atoms with E-state index in [2.05, 4.69) is 25.0 Å². The van der Waals surface area contributed by atoms with Crippen molar-refractivity contribution in [3.63, 3.8) is 0 Å². The van der Waals surface area contributed by atoms with Gasteiger partial charge in [-0.2, -0.15) is 28.2 Å². The van der Waals surface area contributed by atoms with Gasteiger partial charge in [0.15, 0.2) is 11.9 Å². The smallest absolute Gasteiger partial charge is 0.417 e. The first-order chi connectivity index (χ1) is 22.6. The zero-order valence-corrected chi connectivity index (χ0v) is 26.1. The number of fused-ring (bicyclic) bond motifs is 5. The molecular weight excluding hydrogens is 618 g/mol. The molecule has 1 N–H and O–H groups in total. The summed E-state index contributed by atoms with van der Waals surface area (Å²) in [6, 6.07) is 3.09. The van der Waals surface area contributed by atoms with Crippen molar-refractivity contribution in [1.82, 2.24) is 34.2 Å². The molecule has 8 rings (SSSR count). The molecule has 3 aliphatic heterocycles. The molecule has 4 aromatic heterocycles. The molecule has 10 nitrogen and oxygen atoms in total. The molecule has 3 aliphatic rings. The number of hydrogen-bond donors (Lipinski definition) is 1. The third kappa shape index (κ3) is 4.73. The second kappa shape index (κ2) is 11.0. The summed E-state index contributed by atoms with van der Waals surface area (Å²) in [6.07, 6.45) is 1.55. The summed E-state index contributed by atoms with van der Waals surface area (Å²) in [6.45, 7) is 5.49. The topological polar surface area (TPSA) is 103 Å². The van der Waals surface area contributed by atoms with Crippen molar-refractivity contribution in [2.45, 2.75) is 83.0 Å². The van der Waals surface area contributed by atoms with E-state index in [9.17, 15) is 22.7 Å². The van der Waals surface area contributed by atoms with E-state index in [1.165, 1.54) is 25.4 Å². The summed E-state index contributed by atoms with van der Waals surface area (Å²) in [4.78, 5) is 15.6. The fraction of sp³-hybridized carbons (Fsp3) is 0.515. The summed E-state index contributed by atoms with van der Waals surface area (Å²) in [5.41, 5.74) is -0.00291. The van der Waals surface area contributed by atoms with Gasteiger partial charge in [0.1, 0.15) is 12.8 Å². The van der Waals surface area contributed by atoms with Gasteiger partial charge in [-0.05, 0) is 70.2 Å². The number of aromatic hydroxyl groups is 1. The van der Waals surface area contributed by atoms with Crippen molar-refractivity contribution >= 4 is 32.8 Å². The minimum Gasteiger partial charge on any atom is -0.493 e. The SMILES string of the molecule is CCn1c2nc(OC[C@@]34CCCN3C[C@H](F)C4)nc(O)c2c2ccnc(-c3c(C(F)(F)F)c(C)cc4c3cnn4C3CCCCO3)c21. The fourth-order valence-electron chi connectivity index (χ4n) is 8.17. The number of benzene rings is 1. The van der Waals surface area contributed by atoms with Gasteiger partial charge in [0, 0.05) is 48.6 Å². The van der Waals surface area contributed by atoms with Crippen LogP contribution in [0.25, 0.3) is 44.1 Å². The molecule has 0 bridgehead atoms. The van der Waals surface area contributed by atoms with E-state index in [0.29, 0.717) is 60.0 Å². The molecule has 0 radical (unpaired) electrons. The number of rotatable bonds is 6. The number of halogens is 4.